The molecule has 1 aromatic carbocycles. The molecule has 2 amide bonds. The molecule has 0 radical (unpaired) electrons. The number of hydrogen-bond acceptors (Lipinski definition) is 5. The Bertz CT molecular complexity index is 650. The summed E-state index contributed by atoms with van der Waals surface area (Å²) in [6.45, 7) is 8.60. The van der Waals surface area contributed by atoms with Crippen molar-refractivity contribution in [3.05, 3.63) is 29.8 Å². The van der Waals surface area contributed by atoms with Crippen LogP contribution < -0.4 is 20.1 Å². The third-order valence-electron chi connectivity index (χ3n) is 3.17. The van der Waals surface area contributed by atoms with Crippen LogP contribution >= 0.6 is 0 Å². The van der Waals surface area contributed by atoms with E-state index in [1.807, 2.05) is 19.1 Å². The molecule has 0 bridgehead atoms. The second kappa shape index (κ2) is 11.1. The Labute approximate surface area is 161 Å². The summed E-state index contributed by atoms with van der Waals surface area (Å²) in [5.74, 6) is 1.04. The monoisotopic (exact) mass is 378 g/mol. The number of amides is 2. The number of carbonyl (C=O) groups excluding carboxylic acids is 2. The Kier molecular flexibility index (Phi) is 9.19. The van der Waals surface area contributed by atoms with Crippen LogP contribution in [0.5, 0.6) is 11.5 Å². The predicted molar refractivity (Wildman–Crippen MR) is 105 cm³/mol. The van der Waals surface area contributed by atoms with Gasteiger partial charge in [-0.1, -0.05) is 13.0 Å². The highest BCUT2D eigenvalue weighted by Crippen LogP contribution is 2.28. The van der Waals surface area contributed by atoms with E-state index in [9.17, 15) is 9.59 Å². The lowest BCUT2D eigenvalue weighted by atomic mass is 10.2. The number of rotatable bonds is 9. The summed E-state index contributed by atoms with van der Waals surface area (Å²) in [7, 11) is 1.58. The quantitative estimate of drug-likeness (QED) is 0.509. The van der Waals surface area contributed by atoms with Gasteiger partial charge in [-0.05, 0) is 51.0 Å². The molecule has 0 aliphatic heterocycles. The maximum Gasteiger partial charge on any atom is 0.407 e. The molecule has 0 atom stereocenters. The molecular formula is C20H30N2O5. The van der Waals surface area contributed by atoms with Crippen molar-refractivity contribution in [2.45, 2.75) is 39.7 Å². The van der Waals surface area contributed by atoms with Crippen LogP contribution in [-0.4, -0.2) is 44.4 Å². The second-order valence-electron chi connectivity index (χ2n) is 6.81. The lowest BCUT2D eigenvalue weighted by Gasteiger charge is -2.19. The van der Waals surface area contributed by atoms with Crippen molar-refractivity contribution < 1.29 is 23.8 Å². The van der Waals surface area contributed by atoms with Crippen LogP contribution in [0.4, 0.5) is 4.79 Å². The molecule has 0 fully saturated rings. The van der Waals surface area contributed by atoms with Gasteiger partial charge in [0.1, 0.15) is 5.60 Å². The maximum absolute atomic E-state index is 11.9. The van der Waals surface area contributed by atoms with Crippen molar-refractivity contribution in [1.29, 1.82) is 0 Å². The van der Waals surface area contributed by atoms with Crippen molar-refractivity contribution in [3.63, 3.8) is 0 Å². The molecule has 0 aliphatic carbocycles. The highest BCUT2D eigenvalue weighted by molar-refractivity contribution is 5.91. The molecule has 0 unspecified atom stereocenters. The number of ether oxygens (including phenoxy) is 3. The molecule has 0 aromatic heterocycles. The molecule has 0 aliphatic rings. The second-order valence-corrected chi connectivity index (χ2v) is 6.81. The third kappa shape index (κ3) is 9.53. The first-order valence-electron chi connectivity index (χ1n) is 8.98. The van der Waals surface area contributed by atoms with Gasteiger partial charge in [0.15, 0.2) is 11.5 Å². The van der Waals surface area contributed by atoms with Gasteiger partial charge in [-0.3, -0.25) is 4.79 Å². The molecule has 7 nitrogen and oxygen atoms in total. The van der Waals surface area contributed by atoms with Crippen molar-refractivity contribution in [2.24, 2.45) is 0 Å². The lowest BCUT2D eigenvalue weighted by Crippen LogP contribution is -2.37. The smallest absolute Gasteiger partial charge is 0.407 e. The van der Waals surface area contributed by atoms with E-state index in [0.717, 1.165) is 12.0 Å². The lowest BCUT2D eigenvalue weighted by molar-refractivity contribution is -0.116. The largest absolute Gasteiger partial charge is 0.493 e. The molecule has 7 heteroatoms. The van der Waals surface area contributed by atoms with E-state index in [0.29, 0.717) is 24.7 Å². The average Bonchev–Trinajstić information content (AvgIpc) is 2.60. The van der Waals surface area contributed by atoms with Gasteiger partial charge in [-0.25, -0.2) is 4.79 Å². The Morgan fingerprint density at radius 3 is 2.44 bits per heavy atom. The number of hydrogen-bond donors (Lipinski definition) is 2. The first-order valence-corrected chi connectivity index (χ1v) is 8.98. The number of benzene rings is 1. The molecule has 0 spiro atoms. The van der Waals surface area contributed by atoms with Crippen molar-refractivity contribution in [2.75, 3.05) is 26.8 Å². The Balaban J connectivity index is 2.43. The third-order valence-corrected chi connectivity index (χ3v) is 3.17. The van der Waals surface area contributed by atoms with Gasteiger partial charge < -0.3 is 24.8 Å². The molecule has 0 heterocycles. The maximum atomic E-state index is 11.9. The van der Waals surface area contributed by atoms with Crippen LogP contribution in [0.25, 0.3) is 6.08 Å². The Morgan fingerprint density at radius 2 is 1.81 bits per heavy atom. The first-order chi connectivity index (χ1) is 12.7. The predicted octanol–water partition coefficient (Wildman–Crippen LogP) is 3.14. The van der Waals surface area contributed by atoms with Crippen LogP contribution in [0.3, 0.4) is 0 Å². The fourth-order valence-electron chi connectivity index (χ4n) is 2.01. The summed E-state index contributed by atoms with van der Waals surface area (Å²) in [5, 5.41) is 5.26. The van der Waals surface area contributed by atoms with E-state index in [4.69, 9.17) is 14.2 Å². The topological polar surface area (TPSA) is 85.9 Å². The van der Waals surface area contributed by atoms with Crippen molar-refractivity contribution >= 4 is 18.1 Å². The van der Waals surface area contributed by atoms with Crippen LogP contribution in [0.1, 0.15) is 39.7 Å². The van der Waals surface area contributed by atoms with E-state index in [-0.39, 0.29) is 12.5 Å². The highest BCUT2D eigenvalue weighted by atomic mass is 16.6. The summed E-state index contributed by atoms with van der Waals surface area (Å²) >= 11 is 0. The summed E-state index contributed by atoms with van der Waals surface area (Å²) in [6, 6.07) is 5.47. The zero-order chi connectivity index (χ0) is 20.3. The van der Waals surface area contributed by atoms with Gasteiger partial charge in [0.05, 0.1) is 13.7 Å². The first kappa shape index (κ1) is 22.3. The highest BCUT2D eigenvalue weighted by Gasteiger charge is 2.15. The standard InChI is InChI=1S/C20H30N2O5/c1-6-13-26-16-9-7-15(14-17(16)25-5)8-10-18(23)21-11-12-22-19(24)27-20(2,3)4/h7-10,14H,6,11-13H2,1-5H3,(H,21,23)(H,22,24)/b10-8+. The van der Waals surface area contributed by atoms with Crippen molar-refractivity contribution in [3.8, 4) is 11.5 Å². The summed E-state index contributed by atoms with van der Waals surface area (Å²) in [6.07, 6.45) is 3.51. The Hall–Kier alpha value is -2.70. The molecule has 0 saturated carbocycles. The minimum absolute atomic E-state index is 0.258. The normalized spacial score (nSPS) is 11.1. The number of methoxy groups -OCH3 is 1. The van der Waals surface area contributed by atoms with Crippen LogP contribution in [0.2, 0.25) is 0 Å². The molecule has 27 heavy (non-hydrogen) atoms. The van der Waals surface area contributed by atoms with Gasteiger partial charge >= 0.3 is 6.09 Å². The van der Waals surface area contributed by atoms with Crippen molar-refractivity contribution in [1.82, 2.24) is 10.6 Å². The van der Waals surface area contributed by atoms with E-state index >= 15 is 0 Å². The summed E-state index contributed by atoms with van der Waals surface area (Å²) < 4.78 is 16.0. The molecule has 2 N–H and O–H groups in total. The van der Waals surface area contributed by atoms with E-state index in [1.165, 1.54) is 6.08 Å². The summed E-state index contributed by atoms with van der Waals surface area (Å²) in [5.41, 5.74) is 0.270. The van der Waals surface area contributed by atoms with Gasteiger partial charge in [0.25, 0.3) is 0 Å². The van der Waals surface area contributed by atoms with Gasteiger partial charge in [0, 0.05) is 19.2 Å². The molecular weight excluding hydrogens is 348 g/mol. The molecule has 1 aromatic rings. The van der Waals surface area contributed by atoms with E-state index in [1.54, 1.807) is 40.0 Å². The van der Waals surface area contributed by atoms with Crippen LogP contribution in [0.15, 0.2) is 24.3 Å². The zero-order valence-electron chi connectivity index (χ0n) is 16.8. The Morgan fingerprint density at radius 1 is 1.11 bits per heavy atom. The number of carbonyl (C=O) groups is 2. The van der Waals surface area contributed by atoms with Gasteiger partial charge in [-0.15, -0.1) is 0 Å². The average molecular weight is 378 g/mol. The molecule has 150 valence electrons. The minimum atomic E-state index is -0.547. The van der Waals surface area contributed by atoms with E-state index < -0.39 is 11.7 Å². The molecule has 1 rings (SSSR count). The fourth-order valence-corrected chi connectivity index (χ4v) is 2.01. The van der Waals surface area contributed by atoms with Gasteiger partial charge in [0.2, 0.25) is 5.91 Å². The minimum Gasteiger partial charge on any atom is -0.493 e. The number of alkyl carbamates (subject to hydrolysis) is 1. The number of nitrogens with one attached hydrogen (secondary N) is 2. The van der Waals surface area contributed by atoms with Crippen LogP contribution in [0, 0.1) is 0 Å². The summed E-state index contributed by atoms with van der Waals surface area (Å²) in [4.78, 5) is 23.3. The fraction of sp³-hybridized carbons (Fsp3) is 0.500. The van der Waals surface area contributed by atoms with Gasteiger partial charge in [-0.2, -0.15) is 0 Å². The molecule has 0 saturated heterocycles. The SMILES string of the molecule is CCCOc1ccc(/C=C/C(=O)NCCNC(=O)OC(C)(C)C)cc1OC. The van der Waals surface area contributed by atoms with Crippen LogP contribution in [-0.2, 0) is 9.53 Å². The zero-order valence-corrected chi connectivity index (χ0v) is 16.8. The van der Waals surface area contributed by atoms with E-state index in [2.05, 4.69) is 10.6 Å².